The number of carbonyl (C=O) groups is 1. The average Bonchev–Trinajstić information content (AvgIpc) is 2.42. The molecule has 0 saturated heterocycles. The van der Waals surface area contributed by atoms with Gasteiger partial charge in [-0.05, 0) is 57.7 Å². The second-order valence-electron chi connectivity index (χ2n) is 7.22. The molecular formula is C18H28N2O3. The molecule has 0 unspecified atom stereocenters. The van der Waals surface area contributed by atoms with Gasteiger partial charge < -0.3 is 20.1 Å². The number of hydrogen-bond donors (Lipinski definition) is 2. The van der Waals surface area contributed by atoms with Crippen LogP contribution in [0, 0.1) is 0 Å². The molecule has 1 aromatic carbocycles. The summed E-state index contributed by atoms with van der Waals surface area (Å²) in [5.74, 6) is 0.856. The lowest BCUT2D eigenvalue weighted by atomic mass is 9.76. The summed E-state index contributed by atoms with van der Waals surface area (Å²) in [4.78, 5) is 12.0. The largest absolute Gasteiger partial charge is 0.497 e. The van der Waals surface area contributed by atoms with E-state index in [1.165, 1.54) is 0 Å². The zero-order valence-electron chi connectivity index (χ0n) is 14.6. The summed E-state index contributed by atoms with van der Waals surface area (Å²) in [6, 6.07) is 7.99. The molecule has 0 radical (unpaired) electrons. The van der Waals surface area contributed by atoms with Crippen molar-refractivity contribution in [1.29, 1.82) is 0 Å². The fourth-order valence-electron chi connectivity index (χ4n) is 2.70. The van der Waals surface area contributed by atoms with Crippen molar-refractivity contribution in [1.82, 2.24) is 10.6 Å². The molecule has 0 aliphatic heterocycles. The van der Waals surface area contributed by atoms with Crippen LogP contribution in [0.4, 0.5) is 4.79 Å². The molecule has 1 aliphatic carbocycles. The van der Waals surface area contributed by atoms with Crippen LogP contribution in [0.2, 0.25) is 0 Å². The van der Waals surface area contributed by atoms with Gasteiger partial charge in [-0.15, -0.1) is 0 Å². The first kappa shape index (κ1) is 17.6. The van der Waals surface area contributed by atoms with Gasteiger partial charge in [0.05, 0.1) is 12.6 Å². The monoisotopic (exact) mass is 320 g/mol. The van der Waals surface area contributed by atoms with Gasteiger partial charge in [0.25, 0.3) is 0 Å². The van der Waals surface area contributed by atoms with E-state index in [9.17, 15) is 4.79 Å². The second kappa shape index (κ2) is 7.21. The summed E-state index contributed by atoms with van der Waals surface area (Å²) in [6.45, 7) is 7.11. The van der Waals surface area contributed by atoms with Crippen molar-refractivity contribution in [3.63, 3.8) is 0 Å². The summed E-state index contributed by atoms with van der Waals surface area (Å²) in [5, 5.41) is 6.49. The lowest BCUT2D eigenvalue weighted by molar-refractivity contribution is 0.0382. The van der Waals surface area contributed by atoms with E-state index in [1.807, 2.05) is 39.0 Å². The van der Waals surface area contributed by atoms with Crippen LogP contribution in [0.1, 0.15) is 45.6 Å². The lowest BCUT2D eigenvalue weighted by Crippen LogP contribution is -2.59. The molecule has 2 rings (SSSR count). The Morgan fingerprint density at radius 3 is 2.61 bits per heavy atom. The summed E-state index contributed by atoms with van der Waals surface area (Å²) in [5.41, 5.74) is 0.514. The van der Waals surface area contributed by atoms with Crippen molar-refractivity contribution in [3.8, 4) is 5.75 Å². The molecule has 0 heterocycles. The molecule has 128 valence electrons. The van der Waals surface area contributed by atoms with Gasteiger partial charge in [0.2, 0.25) is 0 Å². The summed E-state index contributed by atoms with van der Waals surface area (Å²) >= 11 is 0. The Morgan fingerprint density at radius 2 is 2.04 bits per heavy atom. The zero-order chi connectivity index (χ0) is 16.9. The van der Waals surface area contributed by atoms with Crippen LogP contribution in [0.5, 0.6) is 5.75 Å². The van der Waals surface area contributed by atoms with Crippen molar-refractivity contribution in [2.24, 2.45) is 0 Å². The van der Waals surface area contributed by atoms with Crippen LogP contribution in [-0.4, -0.2) is 30.9 Å². The number of benzene rings is 1. The molecule has 0 spiro atoms. The van der Waals surface area contributed by atoms with Gasteiger partial charge in [-0.1, -0.05) is 12.1 Å². The van der Waals surface area contributed by atoms with Crippen LogP contribution in [0.25, 0.3) is 0 Å². The molecule has 5 heteroatoms. The fourth-order valence-corrected chi connectivity index (χ4v) is 2.70. The molecule has 1 aliphatic rings. The Bertz CT molecular complexity index is 533. The minimum Gasteiger partial charge on any atom is -0.497 e. The number of alkyl carbamates (subject to hydrolysis) is 1. The maximum absolute atomic E-state index is 12.0. The van der Waals surface area contributed by atoms with E-state index in [0.717, 1.165) is 43.7 Å². The van der Waals surface area contributed by atoms with Crippen molar-refractivity contribution in [2.45, 2.75) is 57.7 Å². The van der Waals surface area contributed by atoms with E-state index >= 15 is 0 Å². The average molecular weight is 320 g/mol. The lowest BCUT2D eigenvalue weighted by Gasteiger charge is -2.42. The molecule has 1 amide bonds. The molecule has 5 nitrogen and oxygen atoms in total. The molecule has 1 saturated carbocycles. The fraction of sp³-hybridized carbons (Fsp3) is 0.611. The van der Waals surface area contributed by atoms with Crippen molar-refractivity contribution in [3.05, 3.63) is 29.8 Å². The topological polar surface area (TPSA) is 59.6 Å². The Kier molecular flexibility index (Phi) is 5.52. The molecule has 23 heavy (non-hydrogen) atoms. The number of ether oxygens (including phenoxy) is 2. The third kappa shape index (κ3) is 5.43. The van der Waals surface area contributed by atoms with Gasteiger partial charge in [-0.25, -0.2) is 4.79 Å². The highest BCUT2D eigenvalue weighted by Crippen LogP contribution is 2.31. The first-order valence-electron chi connectivity index (χ1n) is 8.17. The molecular weight excluding hydrogens is 292 g/mol. The van der Waals surface area contributed by atoms with Gasteiger partial charge in [-0.2, -0.15) is 0 Å². The standard InChI is InChI=1S/C18H28N2O3/c1-17(2,3)23-16(21)20-18(9-6-10-18)13-19-12-14-7-5-8-15(11-14)22-4/h5,7-8,11,19H,6,9-10,12-13H2,1-4H3,(H,20,21). The number of amides is 1. The minimum atomic E-state index is -0.469. The van der Waals surface area contributed by atoms with E-state index in [2.05, 4.69) is 16.7 Å². The molecule has 2 N–H and O–H groups in total. The summed E-state index contributed by atoms with van der Waals surface area (Å²) < 4.78 is 10.6. The summed E-state index contributed by atoms with van der Waals surface area (Å²) in [6.07, 6.45) is 2.77. The SMILES string of the molecule is COc1cccc(CNCC2(NC(=O)OC(C)(C)C)CCC2)c1. The van der Waals surface area contributed by atoms with E-state index in [-0.39, 0.29) is 11.6 Å². The van der Waals surface area contributed by atoms with Gasteiger partial charge in [0, 0.05) is 13.1 Å². The van der Waals surface area contributed by atoms with E-state index in [4.69, 9.17) is 9.47 Å². The maximum atomic E-state index is 12.0. The van der Waals surface area contributed by atoms with E-state index < -0.39 is 5.60 Å². The third-order valence-corrected chi connectivity index (χ3v) is 4.00. The zero-order valence-corrected chi connectivity index (χ0v) is 14.6. The number of carbonyl (C=O) groups excluding carboxylic acids is 1. The van der Waals surface area contributed by atoms with E-state index in [0.29, 0.717) is 0 Å². The first-order chi connectivity index (χ1) is 10.8. The Balaban J connectivity index is 1.83. The molecule has 1 aromatic rings. The predicted molar refractivity (Wildman–Crippen MR) is 90.7 cm³/mol. The van der Waals surface area contributed by atoms with Crippen LogP contribution < -0.4 is 15.4 Å². The Labute approximate surface area is 138 Å². The number of nitrogens with one attached hydrogen (secondary N) is 2. The highest BCUT2D eigenvalue weighted by atomic mass is 16.6. The molecule has 0 bridgehead atoms. The van der Waals surface area contributed by atoms with E-state index in [1.54, 1.807) is 7.11 Å². The van der Waals surface area contributed by atoms with Crippen molar-refractivity contribution < 1.29 is 14.3 Å². The minimum absolute atomic E-state index is 0.179. The highest BCUT2D eigenvalue weighted by Gasteiger charge is 2.39. The number of methoxy groups -OCH3 is 1. The smallest absolute Gasteiger partial charge is 0.408 e. The van der Waals surface area contributed by atoms with Gasteiger partial charge in [0.15, 0.2) is 0 Å². The van der Waals surface area contributed by atoms with Crippen LogP contribution >= 0.6 is 0 Å². The molecule has 1 fully saturated rings. The maximum Gasteiger partial charge on any atom is 0.408 e. The first-order valence-corrected chi connectivity index (χ1v) is 8.17. The van der Waals surface area contributed by atoms with Crippen molar-refractivity contribution >= 4 is 6.09 Å². The normalized spacial score (nSPS) is 16.3. The molecule has 0 atom stereocenters. The van der Waals surface area contributed by atoms with Gasteiger partial charge >= 0.3 is 6.09 Å². The van der Waals surface area contributed by atoms with Gasteiger partial charge in [-0.3, -0.25) is 0 Å². The third-order valence-electron chi connectivity index (χ3n) is 4.00. The van der Waals surface area contributed by atoms with Crippen LogP contribution in [-0.2, 0) is 11.3 Å². The summed E-state index contributed by atoms with van der Waals surface area (Å²) in [7, 11) is 1.67. The van der Waals surface area contributed by atoms with Crippen molar-refractivity contribution in [2.75, 3.05) is 13.7 Å². The molecule has 0 aromatic heterocycles. The highest BCUT2D eigenvalue weighted by molar-refractivity contribution is 5.69. The quantitative estimate of drug-likeness (QED) is 0.845. The number of hydrogen-bond acceptors (Lipinski definition) is 4. The second-order valence-corrected chi connectivity index (χ2v) is 7.22. The number of rotatable bonds is 6. The Morgan fingerprint density at radius 1 is 1.30 bits per heavy atom. The van der Waals surface area contributed by atoms with Gasteiger partial charge in [0.1, 0.15) is 11.4 Å². The Hall–Kier alpha value is -1.75. The van der Waals surface area contributed by atoms with Crippen LogP contribution in [0.15, 0.2) is 24.3 Å². The predicted octanol–water partition coefficient (Wildman–Crippen LogP) is 3.23. The van der Waals surface area contributed by atoms with Crippen LogP contribution in [0.3, 0.4) is 0 Å².